The monoisotopic (exact) mass is 343 g/mol. The second-order valence-electron chi connectivity index (χ2n) is 6.64. The standard InChI is InChI=1S/C20H25NO4/c1-4-17-16(11-13-25-17)19(22)21-12-5-6-18(21)20(2,23)14-7-9-15(24-3)10-8-14/h7-11,13,18,23H,4-6,12H2,1-3H3/t18-,20-/m0/s1. The zero-order valence-corrected chi connectivity index (χ0v) is 15.0. The number of hydrogen-bond acceptors (Lipinski definition) is 4. The molecular formula is C20H25NO4. The molecule has 1 aliphatic heterocycles. The van der Waals surface area contributed by atoms with Crippen LogP contribution in [0, 0.1) is 0 Å². The fourth-order valence-electron chi connectivity index (χ4n) is 3.67. The van der Waals surface area contributed by atoms with Crippen molar-refractivity contribution in [3.8, 4) is 5.75 Å². The van der Waals surface area contributed by atoms with Gasteiger partial charge in [0.1, 0.15) is 17.1 Å². The zero-order chi connectivity index (χ0) is 18.0. The average molecular weight is 343 g/mol. The Morgan fingerprint density at radius 2 is 2.08 bits per heavy atom. The third-order valence-electron chi connectivity index (χ3n) is 5.13. The Kier molecular flexibility index (Phi) is 4.86. The van der Waals surface area contributed by atoms with E-state index in [0.29, 0.717) is 24.3 Å². The molecule has 1 aliphatic rings. The fraction of sp³-hybridized carbons (Fsp3) is 0.450. The summed E-state index contributed by atoms with van der Waals surface area (Å²) < 4.78 is 10.6. The Labute approximate surface area is 148 Å². The summed E-state index contributed by atoms with van der Waals surface area (Å²) in [7, 11) is 1.61. The normalized spacial score (nSPS) is 19.7. The third-order valence-corrected chi connectivity index (χ3v) is 5.13. The number of ether oxygens (including phenoxy) is 1. The van der Waals surface area contributed by atoms with Crippen LogP contribution >= 0.6 is 0 Å². The lowest BCUT2D eigenvalue weighted by Gasteiger charge is -2.37. The van der Waals surface area contributed by atoms with Gasteiger partial charge in [-0.3, -0.25) is 4.79 Å². The van der Waals surface area contributed by atoms with Gasteiger partial charge >= 0.3 is 0 Å². The predicted octanol–water partition coefficient (Wildman–Crippen LogP) is 3.36. The number of nitrogens with zero attached hydrogens (tertiary/aromatic N) is 1. The summed E-state index contributed by atoms with van der Waals surface area (Å²) in [5.74, 6) is 1.37. The number of benzene rings is 1. The van der Waals surface area contributed by atoms with Gasteiger partial charge in [0, 0.05) is 13.0 Å². The number of furan rings is 1. The van der Waals surface area contributed by atoms with Gasteiger partial charge in [0.25, 0.3) is 5.91 Å². The summed E-state index contributed by atoms with van der Waals surface area (Å²) in [4.78, 5) is 14.8. The first kappa shape index (κ1) is 17.5. The molecule has 134 valence electrons. The molecular weight excluding hydrogens is 318 g/mol. The second kappa shape index (κ2) is 6.92. The van der Waals surface area contributed by atoms with Crippen LogP contribution in [0.3, 0.4) is 0 Å². The van der Waals surface area contributed by atoms with Crippen molar-refractivity contribution >= 4 is 5.91 Å². The number of rotatable bonds is 5. The maximum atomic E-state index is 13.0. The van der Waals surface area contributed by atoms with Crippen LogP contribution < -0.4 is 4.74 Å². The highest BCUT2D eigenvalue weighted by molar-refractivity contribution is 5.95. The maximum Gasteiger partial charge on any atom is 0.257 e. The number of aliphatic hydroxyl groups is 1. The lowest BCUT2D eigenvalue weighted by molar-refractivity contribution is -0.0178. The van der Waals surface area contributed by atoms with Gasteiger partial charge in [-0.05, 0) is 43.5 Å². The third kappa shape index (κ3) is 3.16. The van der Waals surface area contributed by atoms with Crippen LogP contribution in [0.2, 0.25) is 0 Å². The molecule has 0 unspecified atom stereocenters. The van der Waals surface area contributed by atoms with E-state index in [4.69, 9.17) is 9.15 Å². The molecule has 1 N–H and O–H groups in total. The van der Waals surface area contributed by atoms with Crippen LogP contribution in [0.4, 0.5) is 0 Å². The highest BCUT2D eigenvalue weighted by atomic mass is 16.5. The van der Waals surface area contributed by atoms with Crippen molar-refractivity contribution in [3.63, 3.8) is 0 Å². The summed E-state index contributed by atoms with van der Waals surface area (Å²) in [6.07, 6.45) is 3.87. The molecule has 1 saturated heterocycles. The molecule has 3 rings (SSSR count). The van der Waals surface area contributed by atoms with Crippen molar-refractivity contribution in [1.82, 2.24) is 4.90 Å². The molecule has 1 fully saturated rings. The molecule has 5 heteroatoms. The highest BCUT2D eigenvalue weighted by Crippen LogP contribution is 2.36. The number of likely N-dealkylation sites (tertiary alicyclic amines) is 1. The molecule has 0 radical (unpaired) electrons. The molecule has 0 aliphatic carbocycles. The first-order valence-electron chi connectivity index (χ1n) is 8.73. The zero-order valence-electron chi connectivity index (χ0n) is 15.0. The molecule has 25 heavy (non-hydrogen) atoms. The SMILES string of the molecule is CCc1occc1C(=O)N1CCC[C@H]1[C@@](C)(O)c1ccc(OC)cc1. The van der Waals surface area contributed by atoms with Crippen LogP contribution in [0.15, 0.2) is 41.0 Å². The Morgan fingerprint density at radius 1 is 1.36 bits per heavy atom. The van der Waals surface area contributed by atoms with Crippen molar-refractivity contribution in [3.05, 3.63) is 53.5 Å². The summed E-state index contributed by atoms with van der Waals surface area (Å²) in [6.45, 7) is 4.38. The molecule has 2 heterocycles. The quantitative estimate of drug-likeness (QED) is 0.904. The molecule has 0 bridgehead atoms. The minimum atomic E-state index is -1.13. The molecule has 0 spiro atoms. The number of amides is 1. The van der Waals surface area contributed by atoms with E-state index < -0.39 is 5.60 Å². The summed E-state index contributed by atoms with van der Waals surface area (Å²) in [5.41, 5.74) is 0.245. The van der Waals surface area contributed by atoms with E-state index in [1.807, 2.05) is 31.2 Å². The van der Waals surface area contributed by atoms with Crippen molar-refractivity contribution in [2.45, 2.75) is 44.8 Å². The van der Waals surface area contributed by atoms with E-state index >= 15 is 0 Å². The molecule has 1 amide bonds. The minimum Gasteiger partial charge on any atom is -0.497 e. The van der Waals surface area contributed by atoms with Gasteiger partial charge in [0.15, 0.2) is 0 Å². The van der Waals surface area contributed by atoms with Gasteiger partial charge in [0.05, 0.1) is 25.0 Å². The van der Waals surface area contributed by atoms with Crippen LogP contribution in [-0.2, 0) is 12.0 Å². The van der Waals surface area contributed by atoms with Gasteiger partial charge in [-0.25, -0.2) is 0 Å². The Morgan fingerprint density at radius 3 is 2.72 bits per heavy atom. The van der Waals surface area contributed by atoms with Gasteiger partial charge in [0.2, 0.25) is 0 Å². The Bertz CT molecular complexity index is 732. The van der Waals surface area contributed by atoms with Crippen LogP contribution in [0.25, 0.3) is 0 Å². The maximum absolute atomic E-state index is 13.0. The Hall–Kier alpha value is -2.27. The molecule has 2 aromatic rings. The number of hydrogen-bond donors (Lipinski definition) is 1. The van der Waals surface area contributed by atoms with Gasteiger partial charge in [-0.15, -0.1) is 0 Å². The van der Waals surface area contributed by atoms with Gasteiger partial charge in [-0.1, -0.05) is 19.1 Å². The van der Waals surface area contributed by atoms with Crippen LogP contribution in [-0.4, -0.2) is 35.6 Å². The lowest BCUT2D eigenvalue weighted by atomic mass is 9.86. The fourth-order valence-corrected chi connectivity index (χ4v) is 3.67. The molecule has 1 aromatic carbocycles. The lowest BCUT2D eigenvalue weighted by Crippen LogP contribution is -2.48. The van der Waals surface area contributed by atoms with E-state index in [0.717, 1.165) is 24.2 Å². The van der Waals surface area contributed by atoms with Crippen LogP contribution in [0.1, 0.15) is 48.4 Å². The average Bonchev–Trinajstić information content (AvgIpc) is 3.30. The van der Waals surface area contributed by atoms with E-state index in [1.54, 1.807) is 31.3 Å². The topological polar surface area (TPSA) is 62.9 Å². The second-order valence-corrected chi connectivity index (χ2v) is 6.64. The largest absolute Gasteiger partial charge is 0.497 e. The number of carbonyl (C=O) groups excluding carboxylic acids is 1. The summed E-state index contributed by atoms with van der Waals surface area (Å²) in [6, 6.07) is 8.82. The van der Waals surface area contributed by atoms with E-state index in [-0.39, 0.29) is 11.9 Å². The van der Waals surface area contributed by atoms with Gasteiger partial charge < -0.3 is 19.2 Å². The van der Waals surface area contributed by atoms with Gasteiger partial charge in [-0.2, -0.15) is 0 Å². The number of carbonyl (C=O) groups is 1. The predicted molar refractivity (Wildman–Crippen MR) is 94.7 cm³/mol. The Balaban J connectivity index is 1.88. The minimum absolute atomic E-state index is 0.0677. The first-order valence-corrected chi connectivity index (χ1v) is 8.73. The molecule has 1 aromatic heterocycles. The van der Waals surface area contributed by atoms with Crippen molar-refractivity contribution in [2.75, 3.05) is 13.7 Å². The van der Waals surface area contributed by atoms with Crippen molar-refractivity contribution in [2.24, 2.45) is 0 Å². The number of aryl methyl sites for hydroxylation is 1. The summed E-state index contributed by atoms with van der Waals surface area (Å²) in [5, 5.41) is 11.2. The first-order chi connectivity index (χ1) is 12.0. The van der Waals surface area contributed by atoms with Crippen molar-refractivity contribution < 1.29 is 19.1 Å². The molecule has 5 nitrogen and oxygen atoms in total. The summed E-state index contributed by atoms with van der Waals surface area (Å²) >= 11 is 0. The smallest absolute Gasteiger partial charge is 0.257 e. The number of methoxy groups -OCH3 is 1. The van der Waals surface area contributed by atoms with Crippen molar-refractivity contribution in [1.29, 1.82) is 0 Å². The highest BCUT2D eigenvalue weighted by Gasteiger charge is 2.43. The van der Waals surface area contributed by atoms with E-state index in [9.17, 15) is 9.90 Å². The van der Waals surface area contributed by atoms with E-state index in [2.05, 4.69) is 0 Å². The molecule has 2 atom stereocenters. The van der Waals surface area contributed by atoms with Crippen LogP contribution in [0.5, 0.6) is 5.75 Å². The molecule has 0 saturated carbocycles. The van der Waals surface area contributed by atoms with E-state index in [1.165, 1.54) is 0 Å².